The minimum absolute atomic E-state index is 0.0593. The highest BCUT2D eigenvalue weighted by atomic mass is 32.2. The topological polar surface area (TPSA) is 92.6 Å². The van der Waals surface area contributed by atoms with Crippen molar-refractivity contribution in [3.05, 3.63) is 34.4 Å². The van der Waals surface area contributed by atoms with Crippen molar-refractivity contribution in [2.24, 2.45) is 0 Å². The van der Waals surface area contributed by atoms with Gasteiger partial charge in [-0.1, -0.05) is 19.8 Å². The summed E-state index contributed by atoms with van der Waals surface area (Å²) in [5.74, 6) is 0. The summed E-state index contributed by atoms with van der Waals surface area (Å²) in [4.78, 5) is 12.5. The maximum absolute atomic E-state index is 12.4. The monoisotopic (exact) mass is 355 g/mol. The van der Waals surface area contributed by atoms with Crippen molar-refractivity contribution in [1.29, 1.82) is 0 Å². The van der Waals surface area contributed by atoms with Crippen molar-refractivity contribution in [2.45, 2.75) is 50.0 Å². The van der Waals surface area contributed by atoms with Crippen LogP contribution in [0.1, 0.15) is 39.0 Å². The van der Waals surface area contributed by atoms with Crippen molar-refractivity contribution < 1.29 is 13.3 Å². The lowest BCUT2D eigenvalue weighted by Gasteiger charge is -2.35. The van der Waals surface area contributed by atoms with Crippen molar-refractivity contribution in [1.82, 2.24) is 9.62 Å². The minimum Gasteiger partial charge on any atom is -0.299 e. The quantitative estimate of drug-likeness (QED) is 0.571. The van der Waals surface area contributed by atoms with Gasteiger partial charge in [0.2, 0.25) is 10.0 Å². The van der Waals surface area contributed by atoms with Crippen molar-refractivity contribution >= 4 is 15.7 Å². The van der Waals surface area contributed by atoms with Crippen molar-refractivity contribution in [3.63, 3.8) is 0 Å². The number of rotatable bonds is 8. The molecular formula is C16H25N3O4S. The maximum Gasteiger partial charge on any atom is 0.269 e. The van der Waals surface area contributed by atoms with Crippen LogP contribution in [-0.4, -0.2) is 43.9 Å². The van der Waals surface area contributed by atoms with Crippen LogP contribution in [0.3, 0.4) is 0 Å². The molecule has 0 aromatic heterocycles. The molecule has 8 heteroatoms. The highest BCUT2D eigenvalue weighted by Gasteiger charge is 2.24. The summed E-state index contributed by atoms with van der Waals surface area (Å²) in [7, 11) is -3.65. The van der Waals surface area contributed by atoms with E-state index in [9.17, 15) is 18.5 Å². The predicted molar refractivity (Wildman–Crippen MR) is 92.4 cm³/mol. The van der Waals surface area contributed by atoms with Crippen LogP contribution in [0, 0.1) is 10.1 Å². The van der Waals surface area contributed by atoms with Crippen LogP contribution in [0.4, 0.5) is 5.69 Å². The van der Waals surface area contributed by atoms with Gasteiger partial charge < -0.3 is 0 Å². The number of unbranched alkanes of at least 4 members (excludes halogenated alkanes) is 1. The summed E-state index contributed by atoms with van der Waals surface area (Å²) in [6, 6.07) is 5.19. The normalized spacial score (nSPS) is 19.3. The lowest BCUT2D eigenvalue weighted by Crippen LogP contribution is -2.46. The van der Waals surface area contributed by atoms with E-state index in [1.807, 2.05) is 0 Å². The Morgan fingerprint density at radius 1 is 1.29 bits per heavy atom. The largest absolute Gasteiger partial charge is 0.299 e. The molecule has 1 fully saturated rings. The number of hydrogen-bond acceptors (Lipinski definition) is 5. The molecule has 0 radical (unpaired) electrons. The van der Waals surface area contributed by atoms with E-state index in [4.69, 9.17) is 0 Å². The zero-order chi connectivity index (χ0) is 17.6. The third-order valence-electron chi connectivity index (χ3n) is 4.41. The number of nitro benzene ring substituents is 1. The van der Waals surface area contributed by atoms with Crippen LogP contribution in [0.5, 0.6) is 0 Å². The zero-order valence-corrected chi connectivity index (χ0v) is 14.8. The van der Waals surface area contributed by atoms with E-state index in [2.05, 4.69) is 16.5 Å². The molecule has 134 valence electrons. The van der Waals surface area contributed by atoms with Crippen LogP contribution in [0.2, 0.25) is 0 Å². The first-order valence-electron chi connectivity index (χ1n) is 8.42. The maximum atomic E-state index is 12.4. The number of likely N-dealkylation sites (tertiary alicyclic amines) is 1. The Morgan fingerprint density at radius 2 is 2.00 bits per heavy atom. The Bertz CT molecular complexity index is 646. The molecular weight excluding hydrogens is 330 g/mol. The highest BCUT2D eigenvalue weighted by Crippen LogP contribution is 2.19. The molecule has 7 nitrogen and oxygen atoms in total. The number of nitrogens with one attached hydrogen (secondary N) is 1. The Hall–Kier alpha value is -1.51. The van der Waals surface area contributed by atoms with E-state index >= 15 is 0 Å². The minimum atomic E-state index is -3.65. The number of nitro groups is 1. The van der Waals surface area contributed by atoms with Gasteiger partial charge in [0.15, 0.2) is 0 Å². The first-order valence-corrected chi connectivity index (χ1v) is 9.90. The Morgan fingerprint density at radius 3 is 2.62 bits per heavy atom. The predicted octanol–water partition coefficient (Wildman–Crippen LogP) is 2.53. The number of non-ortho nitro benzene ring substituents is 1. The fourth-order valence-corrected chi connectivity index (χ4v) is 4.06. The van der Waals surface area contributed by atoms with Crippen molar-refractivity contribution in [3.8, 4) is 0 Å². The fourth-order valence-electron chi connectivity index (χ4n) is 2.98. The van der Waals surface area contributed by atoms with Crippen LogP contribution in [0.25, 0.3) is 0 Å². The average molecular weight is 355 g/mol. The van der Waals surface area contributed by atoms with Crippen LogP contribution < -0.4 is 4.72 Å². The summed E-state index contributed by atoms with van der Waals surface area (Å²) in [5, 5.41) is 10.7. The number of piperidine rings is 1. The molecule has 0 amide bonds. The zero-order valence-electron chi connectivity index (χ0n) is 14.0. The SMILES string of the molecule is CCCCN1CCCCC1CNS(=O)(=O)c1ccc([N+](=O)[O-])cc1. The summed E-state index contributed by atoms with van der Waals surface area (Å²) in [6.45, 7) is 4.55. The number of benzene rings is 1. The van der Waals surface area contributed by atoms with Crippen molar-refractivity contribution in [2.75, 3.05) is 19.6 Å². The number of nitrogens with zero attached hydrogens (tertiary/aromatic N) is 2. The standard InChI is InChI=1S/C16H25N3O4S/c1-2-3-11-18-12-5-4-6-15(18)13-17-24(22,23)16-9-7-14(8-10-16)19(20)21/h7-10,15,17H,2-6,11-13H2,1H3. The van der Waals surface area contributed by atoms with Gasteiger partial charge in [-0.25, -0.2) is 13.1 Å². The molecule has 0 aliphatic carbocycles. The molecule has 1 aliphatic heterocycles. The molecule has 1 unspecified atom stereocenters. The lowest BCUT2D eigenvalue weighted by atomic mass is 10.0. The summed E-state index contributed by atoms with van der Waals surface area (Å²) in [5.41, 5.74) is -0.119. The van der Waals surface area contributed by atoms with Gasteiger partial charge in [-0.3, -0.25) is 15.0 Å². The number of hydrogen-bond donors (Lipinski definition) is 1. The van der Waals surface area contributed by atoms with Gasteiger partial charge in [0.25, 0.3) is 5.69 Å². The second-order valence-electron chi connectivity index (χ2n) is 6.14. The van der Waals surface area contributed by atoms with Gasteiger partial charge in [-0.2, -0.15) is 0 Å². The average Bonchev–Trinajstić information content (AvgIpc) is 2.59. The molecule has 1 aliphatic rings. The van der Waals surface area contributed by atoms with E-state index < -0.39 is 14.9 Å². The first-order chi connectivity index (χ1) is 11.4. The summed E-state index contributed by atoms with van der Waals surface area (Å²) < 4.78 is 27.4. The van der Waals surface area contributed by atoms with E-state index in [0.29, 0.717) is 6.54 Å². The summed E-state index contributed by atoms with van der Waals surface area (Å²) in [6.07, 6.45) is 5.51. The molecule has 24 heavy (non-hydrogen) atoms. The van der Waals surface area contributed by atoms with E-state index in [0.717, 1.165) is 45.2 Å². The summed E-state index contributed by atoms with van der Waals surface area (Å²) >= 11 is 0. The van der Waals surface area contributed by atoms with Gasteiger partial charge in [-0.15, -0.1) is 0 Å². The molecule has 1 aromatic rings. The first kappa shape index (κ1) is 18.8. The number of sulfonamides is 1. The molecule has 1 atom stereocenters. The van der Waals surface area contributed by atoms with Gasteiger partial charge in [-0.05, 0) is 44.5 Å². The third kappa shape index (κ3) is 4.99. The van der Waals surface area contributed by atoms with E-state index in [1.54, 1.807) is 0 Å². The second kappa shape index (κ2) is 8.55. The molecule has 0 spiro atoms. The van der Waals surface area contributed by atoms with Gasteiger partial charge in [0.1, 0.15) is 0 Å². The fraction of sp³-hybridized carbons (Fsp3) is 0.625. The highest BCUT2D eigenvalue weighted by molar-refractivity contribution is 7.89. The Kier molecular flexibility index (Phi) is 6.70. The smallest absolute Gasteiger partial charge is 0.269 e. The lowest BCUT2D eigenvalue weighted by molar-refractivity contribution is -0.384. The second-order valence-corrected chi connectivity index (χ2v) is 7.91. The van der Waals surface area contributed by atoms with E-state index in [-0.39, 0.29) is 16.6 Å². The Balaban J connectivity index is 1.99. The van der Waals surface area contributed by atoms with Crippen LogP contribution in [-0.2, 0) is 10.0 Å². The molecule has 0 bridgehead atoms. The van der Waals surface area contributed by atoms with Gasteiger partial charge >= 0.3 is 0 Å². The third-order valence-corrected chi connectivity index (χ3v) is 5.85. The van der Waals surface area contributed by atoms with E-state index in [1.165, 1.54) is 24.3 Å². The molecule has 2 rings (SSSR count). The van der Waals surface area contributed by atoms with Gasteiger partial charge in [0.05, 0.1) is 9.82 Å². The molecule has 1 heterocycles. The van der Waals surface area contributed by atoms with Crippen LogP contribution >= 0.6 is 0 Å². The molecule has 1 N–H and O–H groups in total. The molecule has 1 aromatic carbocycles. The van der Waals surface area contributed by atoms with Gasteiger partial charge in [0, 0.05) is 24.7 Å². The molecule has 0 saturated carbocycles. The van der Waals surface area contributed by atoms with Crippen LogP contribution in [0.15, 0.2) is 29.2 Å². The Labute approximate surface area is 143 Å². The molecule has 1 saturated heterocycles.